The fourth-order valence-corrected chi connectivity index (χ4v) is 1.84. The number of halogens is 3. The monoisotopic (exact) mass is 313 g/mol. The average Bonchev–Trinajstić information content (AvgIpc) is 2.51. The fraction of sp³-hybridized carbons (Fsp3) is 0.267. The number of benzene rings is 1. The van der Waals surface area contributed by atoms with Crippen molar-refractivity contribution in [3.05, 3.63) is 52.7 Å². The molecule has 21 heavy (non-hydrogen) atoms. The van der Waals surface area contributed by atoms with Crippen LogP contribution in [0.3, 0.4) is 0 Å². The van der Waals surface area contributed by atoms with Crippen LogP contribution in [0.15, 0.2) is 30.5 Å². The summed E-state index contributed by atoms with van der Waals surface area (Å²) in [6.45, 7) is 2.20. The highest BCUT2D eigenvalue weighted by Crippen LogP contribution is 2.30. The van der Waals surface area contributed by atoms with Crippen molar-refractivity contribution in [3.8, 4) is 11.6 Å². The molecule has 0 atom stereocenters. The van der Waals surface area contributed by atoms with Crippen molar-refractivity contribution in [2.24, 2.45) is 0 Å². The van der Waals surface area contributed by atoms with Gasteiger partial charge in [-0.2, -0.15) is 0 Å². The fourth-order valence-electron chi connectivity index (χ4n) is 1.64. The van der Waals surface area contributed by atoms with Gasteiger partial charge in [0.05, 0.1) is 0 Å². The molecule has 0 bridgehead atoms. The molecule has 0 saturated heterocycles. The van der Waals surface area contributed by atoms with Crippen LogP contribution in [0, 0.1) is 11.6 Å². The first-order valence-corrected chi connectivity index (χ1v) is 6.83. The molecule has 0 N–H and O–H groups in total. The van der Waals surface area contributed by atoms with Crippen molar-refractivity contribution in [3.63, 3.8) is 0 Å². The van der Waals surface area contributed by atoms with Crippen LogP contribution in [0.25, 0.3) is 0 Å². The van der Waals surface area contributed by atoms with E-state index < -0.39 is 11.6 Å². The van der Waals surface area contributed by atoms with E-state index in [1.165, 1.54) is 0 Å². The van der Waals surface area contributed by atoms with Crippen LogP contribution >= 0.6 is 11.6 Å². The minimum Gasteiger partial charge on any atom is -0.485 e. The molecule has 0 spiro atoms. The van der Waals surface area contributed by atoms with E-state index in [4.69, 9.17) is 21.1 Å². The van der Waals surface area contributed by atoms with E-state index in [0.29, 0.717) is 5.88 Å². The van der Waals surface area contributed by atoms with Crippen LogP contribution < -0.4 is 9.47 Å². The van der Waals surface area contributed by atoms with Crippen LogP contribution in [-0.4, -0.2) is 18.2 Å². The van der Waals surface area contributed by atoms with Gasteiger partial charge >= 0.3 is 0 Å². The van der Waals surface area contributed by atoms with Crippen LogP contribution in [-0.2, 0) is 6.42 Å². The Morgan fingerprint density at radius 1 is 1.05 bits per heavy atom. The Bertz CT molecular complexity index is 605. The molecule has 6 heteroatoms. The van der Waals surface area contributed by atoms with E-state index in [2.05, 4.69) is 4.98 Å². The van der Waals surface area contributed by atoms with Gasteiger partial charge in [-0.3, -0.25) is 0 Å². The number of hydrogen-bond donors (Lipinski definition) is 0. The van der Waals surface area contributed by atoms with E-state index in [9.17, 15) is 8.78 Å². The first kappa shape index (κ1) is 15.5. The van der Waals surface area contributed by atoms with Crippen molar-refractivity contribution in [1.82, 2.24) is 4.98 Å². The van der Waals surface area contributed by atoms with Gasteiger partial charge in [-0.25, -0.2) is 13.8 Å². The molecule has 112 valence electrons. The Labute approximate surface area is 126 Å². The Balaban J connectivity index is 1.86. The minimum absolute atomic E-state index is 0.0251. The molecule has 0 unspecified atom stereocenters. The summed E-state index contributed by atoms with van der Waals surface area (Å²) >= 11 is 5.63. The smallest absolute Gasteiger partial charge is 0.213 e. The second kappa shape index (κ2) is 7.22. The maximum Gasteiger partial charge on any atom is 0.213 e. The van der Waals surface area contributed by atoms with Gasteiger partial charge in [0, 0.05) is 12.3 Å². The van der Waals surface area contributed by atoms with Crippen LogP contribution in [0.5, 0.6) is 11.6 Å². The number of nitrogens with zero attached hydrogens (tertiary/aromatic N) is 1. The van der Waals surface area contributed by atoms with Gasteiger partial charge in [-0.1, -0.05) is 24.6 Å². The van der Waals surface area contributed by atoms with Crippen molar-refractivity contribution in [2.75, 3.05) is 13.2 Å². The summed E-state index contributed by atoms with van der Waals surface area (Å²) < 4.78 is 37.1. The number of aryl methyl sites for hydroxylation is 1. The van der Waals surface area contributed by atoms with Crippen LogP contribution in [0.4, 0.5) is 8.78 Å². The lowest BCUT2D eigenvalue weighted by Crippen LogP contribution is -2.11. The summed E-state index contributed by atoms with van der Waals surface area (Å²) in [5.74, 6) is -1.31. The Kier molecular flexibility index (Phi) is 5.33. The van der Waals surface area contributed by atoms with Gasteiger partial charge in [-0.05, 0) is 24.1 Å². The summed E-state index contributed by atoms with van der Waals surface area (Å²) in [5.41, 5.74) is 1.10. The highest BCUT2D eigenvalue weighted by Gasteiger charge is 2.13. The molecular formula is C15H14ClF2NO2. The SMILES string of the molecule is CCc1ccc(OCCOc2c(F)ccc(F)c2Cl)nc1. The molecule has 0 aliphatic heterocycles. The average molecular weight is 314 g/mol. The van der Waals surface area contributed by atoms with Gasteiger partial charge in [-0.15, -0.1) is 0 Å². The van der Waals surface area contributed by atoms with E-state index >= 15 is 0 Å². The van der Waals surface area contributed by atoms with Crippen LogP contribution in [0.2, 0.25) is 5.02 Å². The summed E-state index contributed by atoms with van der Waals surface area (Å²) in [5, 5.41) is -0.375. The van der Waals surface area contributed by atoms with Crippen molar-refractivity contribution in [1.29, 1.82) is 0 Å². The predicted octanol–water partition coefficient (Wildman–Crippen LogP) is 4.03. The first-order chi connectivity index (χ1) is 10.1. The summed E-state index contributed by atoms with van der Waals surface area (Å²) in [6.07, 6.45) is 2.62. The topological polar surface area (TPSA) is 31.4 Å². The predicted molar refractivity (Wildman–Crippen MR) is 76.0 cm³/mol. The molecule has 0 aliphatic rings. The Morgan fingerprint density at radius 3 is 2.43 bits per heavy atom. The standard InChI is InChI=1S/C15H14ClF2NO2/c1-2-10-3-6-13(19-9-10)20-7-8-21-15-12(18)5-4-11(17)14(15)16/h3-6,9H,2,7-8H2,1H3. The Morgan fingerprint density at radius 2 is 1.76 bits per heavy atom. The molecule has 0 amide bonds. The van der Waals surface area contributed by atoms with E-state index in [0.717, 1.165) is 24.1 Å². The highest BCUT2D eigenvalue weighted by molar-refractivity contribution is 6.32. The maximum absolute atomic E-state index is 13.4. The summed E-state index contributed by atoms with van der Waals surface area (Å²) in [4.78, 5) is 4.11. The van der Waals surface area contributed by atoms with Gasteiger partial charge in [0.1, 0.15) is 24.1 Å². The van der Waals surface area contributed by atoms with Crippen molar-refractivity contribution < 1.29 is 18.3 Å². The first-order valence-electron chi connectivity index (χ1n) is 6.46. The highest BCUT2D eigenvalue weighted by atomic mass is 35.5. The number of rotatable bonds is 6. The maximum atomic E-state index is 13.4. The zero-order valence-corrected chi connectivity index (χ0v) is 12.2. The zero-order valence-electron chi connectivity index (χ0n) is 11.4. The number of ether oxygens (including phenoxy) is 2. The number of hydrogen-bond acceptors (Lipinski definition) is 3. The third kappa shape index (κ3) is 4.04. The summed E-state index contributed by atoms with van der Waals surface area (Å²) in [6, 6.07) is 5.56. The Hall–Kier alpha value is -1.88. The van der Waals surface area contributed by atoms with Gasteiger partial charge in [0.15, 0.2) is 11.6 Å². The largest absolute Gasteiger partial charge is 0.485 e. The van der Waals surface area contributed by atoms with E-state index in [1.807, 2.05) is 13.0 Å². The third-order valence-corrected chi connectivity index (χ3v) is 3.14. The lowest BCUT2D eigenvalue weighted by atomic mass is 10.2. The second-order valence-corrected chi connectivity index (χ2v) is 4.61. The van der Waals surface area contributed by atoms with Crippen molar-refractivity contribution >= 4 is 11.6 Å². The van der Waals surface area contributed by atoms with E-state index in [1.54, 1.807) is 12.3 Å². The molecule has 2 aromatic rings. The van der Waals surface area contributed by atoms with Gasteiger partial charge < -0.3 is 9.47 Å². The zero-order chi connectivity index (χ0) is 15.2. The third-order valence-electron chi connectivity index (χ3n) is 2.79. The van der Waals surface area contributed by atoms with Crippen LogP contribution in [0.1, 0.15) is 12.5 Å². The molecule has 0 radical (unpaired) electrons. The van der Waals surface area contributed by atoms with E-state index in [-0.39, 0.29) is 24.0 Å². The molecule has 1 heterocycles. The molecule has 0 fully saturated rings. The molecule has 3 nitrogen and oxygen atoms in total. The molecule has 1 aromatic heterocycles. The minimum atomic E-state index is -0.731. The molecule has 2 rings (SSSR count). The molecular weight excluding hydrogens is 300 g/mol. The van der Waals surface area contributed by atoms with Crippen molar-refractivity contribution in [2.45, 2.75) is 13.3 Å². The lowest BCUT2D eigenvalue weighted by molar-refractivity contribution is 0.206. The summed E-state index contributed by atoms with van der Waals surface area (Å²) in [7, 11) is 0. The van der Waals surface area contributed by atoms with Gasteiger partial charge in [0.25, 0.3) is 0 Å². The second-order valence-electron chi connectivity index (χ2n) is 4.23. The van der Waals surface area contributed by atoms with Gasteiger partial charge in [0.2, 0.25) is 5.88 Å². The number of pyridine rings is 1. The number of aromatic nitrogens is 1. The molecule has 1 aromatic carbocycles. The quantitative estimate of drug-likeness (QED) is 0.596. The lowest BCUT2D eigenvalue weighted by Gasteiger charge is -2.10. The molecule has 0 aliphatic carbocycles. The normalized spacial score (nSPS) is 10.5. The molecule has 0 saturated carbocycles.